The van der Waals surface area contributed by atoms with Crippen LogP contribution in [0.1, 0.15) is 5.56 Å². The Balaban J connectivity index is 1.92. The molecular formula is C16H13N5OS. The quantitative estimate of drug-likeness (QED) is 0.528. The van der Waals surface area contributed by atoms with Gasteiger partial charge in [-0.25, -0.2) is 4.98 Å². The molecule has 6 nitrogen and oxygen atoms in total. The minimum Gasteiger partial charge on any atom is -0.396 e. The molecule has 4 heterocycles. The Bertz CT molecular complexity index is 1060. The van der Waals surface area contributed by atoms with Crippen LogP contribution in [0.3, 0.4) is 0 Å². The predicted octanol–water partition coefficient (Wildman–Crippen LogP) is 2.93. The smallest absolute Gasteiger partial charge is 0.260 e. The normalized spacial score (nSPS) is 11.2. The number of anilines is 1. The number of hydrogen-bond acceptors (Lipinski definition) is 5. The number of nitrogens with one attached hydrogen (secondary N) is 2. The molecule has 0 saturated carbocycles. The molecule has 4 rings (SSSR count). The maximum Gasteiger partial charge on any atom is 0.260 e. The number of thiazole rings is 1. The van der Waals surface area contributed by atoms with Gasteiger partial charge in [-0.3, -0.25) is 9.78 Å². The van der Waals surface area contributed by atoms with Gasteiger partial charge in [0.25, 0.3) is 5.56 Å². The lowest BCUT2D eigenvalue weighted by Gasteiger charge is -2.06. The minimum absolute atomic E-state index is 0.252. The molecule has 0 saturated heterocycles. The number of hydrogen-bond donors (Lipinski definition) is 3. The van der Waals surface area contributed by atoms with Crippen LogP contribution in [0.15, 0.2) is 41.7 Å². The van der Waals surface area contributed by atoms with E-state index in [4.69, 9.17) is 5.73 Å². The first-order valence-corrected chi connectivity index (χ1v) is 7.82. The third-order valence-electron chi connectivity index (χ3n) is 3.63. The van der Waals surface area contributed by atoms with Crippen molar-refractivity contribution in [1.82, 2.24) is 19.9 Å². The first kappa shape index (κ1) is 13.7. The van der Waals surface area contributed by atoms with E-state index in [-0.39, 0.29) is 5.56 Å². The Labute approximate surface area is 135 Å². The average molecular weight is 323 g/mol. The molecule has 0 spiro atoms. The van der Waals surface area contributed by atoms with E-state index in [1.165, 1.54) is 11.3 Å². The average Bonchev–Trinajstić information content (AvgIpc) is 3.17. The van der Waals surface area contributed by atoms with Gasteiger partial charge in [-0.1, -0.05) is 0 Å². The molecule has 0 bridgehead atoms. The molecule has 114 valence electrons. The van der Waals surface area contributed by atoms with Crippen molar-refractivity contribution in [2.24, 2.45) is 0 Å². The highest BCUT2D eigenvalue weighted by atomic mass is 32.1. The zero-order chi connectivity index (χ0) is 16.0. The molecule has 0 aliphatic rings. The van der Waals surface area contributed by atoms with Gasteiger partial charge in [-0.05, 0) is 24.6 Å². The van der Waals surface area contributed by atoms with Crippen LogP contribution in [0.25, 0.3) is 32.0 Å². The van der Waals surface area contributed by atoms with Gasteiger partial charge in [0.2, 0.25) is 0 Å². The standard InChI is InChI=1S/C16H13N5OS/c1-8-4-10-14(19-5-8)13(17)12(15(22)21-10)16-20-7-11(23-16)9-2-3-18-6-9/h2-7,18H,1H3,(H3,17,21,22). The lowest BCUT2D eigenvalue weighted by molar-refractivity contribution is 1.24. The predicted molar refractivity (Wildman–Crippen MR) is 92.4 cm³/mol. The van der Waals surface area contributed by atoms with Crippen LogP contribution in [0.4, 0.5) is 5.69 Å². The van der Waals surface area contributed by atoms with E-state index in [1.54, 1.807) is 12.4 Å². The Morgan fingerprint density at radius 2 is 2.13 bits per heavy atom. The third kappa shape index (κ3) is 2.22. The van der Waals surface area contributed by atoms with Crippen LogP contribution in [-0.4, -0.2) is 19.9 Å². The summed E-state index contributed by atoms with van der Waals surface area (Å²) in [4.78, 5) is 28.0. The van der Waals surface area contributed by atoms with Gasteiger partial charge in [0.15, 0.2) is 0 Å². The fourth-order valence-corrected chi connectivity index (χ4v) is 3.49. The number of aromatic nitrogens is 4. The van der Waals surface area contributed by atoms with E-state index < -0.39 is 0 Å². The fourth-order valence-electron chi connectivity index (χ4n) is 2.52. The second-order valence-corrected chi connectivity index (χ2v) is 6.31. The topological polar surface area (TPSA) is 100 Å². The highest BCUT2D eigenvalue weighted by Crippen LogP contribution is 2.34. The van der Waals surface area contributed by atoms with Gasteiger partial charge < -0.3 is 15.7 Å². The molecule has 0 aliphatic heterocycles. The van der Waals surface area contributed by atoms with Crippen molar-refractivity contribution in [1.29, 1.82) is 0 Å². The summed E-state index contributed by atoms with van der Waals surface area (Å²) in [5.74, 6) is 0. The van der Waals surface area contributed by atoms with E-state index in [9.17, 15) is 4.79 Å². The van der Waals surface area contributed by atoms with E-state index in [0.29, 0.717) is 27.3 Å². The van der Waals surface area contributed by atoms with Crippen LogP contribution in [0.2, 0.25) is 0 Å². The molecule has 0 aliphatic carbocycles. The molecule has 4 aromatic heterocycles. The van der Waals surface area contributed by atoms with Crippen molar-refractivity contribution in [3.8, 4) is 21.0 Å². The zero-order valence-corrected chi connectivity index (χ0v) is 13.1. The Morgan fingerprint density at radius 3 is 2.91 bits per heavy atom. The summed E-state index contributed by atoms with van der Waals surface area (Å²) in [6.07, 6.45) is 7.20. The van der Waals surface area contributed by atoms with Crippen molar-refractivity contribution in [3.63, 3.8) is 0 Å². The van der Waals surface area contributed by atoms with Crippen LogP contribution in [-0.2, 0) is 0 Å². The summed E-state index contributed by atoms with van der Waals surface area (Å²) in [6, 6.07) is 3.81. The molecule has 7 heteroatoms. The van der Waals surface area contributed by atoms with Gasteiger partial charge in [0.05, 0.1) is 16.1 Å². The van der Waals surface area contributed by atoms with Crippen molar-refractivity contribution in [2.45, 2.75) is 6.92 Å². The summed E-state index contributed by atoms with van der Waals surface area (Å²) in [5, 5.41) is 0.587. The number of aromatic amines is 2. The van der Waals surface area contributed by atoms with Gasteiger partial charge >= 0.3 is 0 Å². The van der Waals surface area contributed by atoms with E-state index in [1.807, 2.05) is 31.5 Å². The van der Waals surface area contributed by atoms with Gasteiger partial charge in [0, 0.05) is 30.4 Å². The summed E-state index contributed by atoms with van der Waals surface area (Å²) in [5.41, 5.74) is 9.90. The monoisotopic (exact) mass is 323 g/mol. The molecule has 0 unspecified atom stereocenters. The number of rotatable bonds is 2. The van der Waals surface area contributed by atoms with Crippen LogP contribution >= 0.6 is 11.3 Å². The number of nitrogen functional groups attached to an aromatic ring is 1. The summed E-state index contributed by atoms with van der Waals surface area (Å²) < 4.78 is 0. The van der Waals surface area contributed by atoms with Crippen LogP contribution < -0.4 is 11.3 Å². The minimum atomic E-state index is -0.252. The number of H-pyrrole nitrogens is 2. The van der Waals surface area contributed by atoms with E-state index >= 15 is 0 Å². The third-order valence-corrected chi connectivity index (χ3v) is 4.69. The number of aryl methyl sites for hydroxylation is 1. The zero-order valence-electron chi connectivity index (χ0n) is 12.3. The van der Waals surface area contributed by atoms with Crippen molar-refractivity contribution in [3.05, 3.63) is 52.8 Å². The first-order chi connectivity index (χ1) is 11.1. The van der Waals surface area contributed by atoms with Crippen LogP contribution in [0.5, 0.6) is 0 Å². The molecule has 0 radical (unpaired) electrons. The number of pyridine rings is 2. The number of nitrogens with zero attached hydrogens (tertiary/aromatic N) is 2. The van der Waals surface area contributed by atoms with Gasteiger partial charge in [0.1, 0.15) is 16.1 Å². The van der Waals surface area contributed by atoms with E-state index in [2.05, 4.69) is 19.9 Å². The van der Waals surface area contributed by atoms with Gasteiger partial charge in [-0.2, -0.15) is 0 Å². The SMILES string of the molecule is Cc1cnc2c(N)c(-c3ncc(-c4cc[nH]c4)s3)c(=O)[nH]c2c1. The highest BCUT2D eigenvalue weighted by Gasteiger charge is 2.17. The second kappa shape index (κ2) is 5.06. The molecule has 23 heavy (non-hydrogen) atoms. The van der Waals surface area contributed by atoms with E-state index in [0.717, 1.165) is 16.0 Å². The Kier molecular flexibility index (Phi) is 3.02. The molecular weight excluding hydrogens is 310 g/mol. The molecule has 0 aromatic carbocycles. The van der Waals surface area contributed by atoms with Gasteiger partial charge in [-0.15, -0.1) is 11.3 Å². The number of nitrogens with two attached hydrogens (primary N) is 1. The number of fused-ring (bicyclic) bond motifs is 1. The van der Waals surface area contributed by atoms with Crippen molar-refractivity contribution in [2.75, 3.05) is 5.73 Å². The van der Waals surface area contributed by atoms with Crippen molar-refractivity contribution >= 4 is 28.1 Å². The molecule has 0 amide bonds. The lowest BCUT2D eigenvalue weighted by Crippen LogP contribution is -2.13. The van der Waals surface area contributed by atoms with Crippen LogP contribution in [0, 0.1) is 6.92 Å². The molecule has 0 atom stereocenters. The first-order valence-electron chi connectivity index (χ1n) is 7.01. The maximum atomic E-state index is 12.5. The molecule has 4 aromatic rings. The lowest BCUT2D eigenvalue weighted by atomic mass is 10.1. The second-order valence-electron chi connectivity index (χ2n) is 5.28. The fraction of sp³-hybridized carbons (Fsp3) is 0.0625. The largest absolute Gasteiger partial charge is 0.396 e. The molecule has 4 N–H and O–H groups in total. The summed E-state index contributed by atoms with van der Waals surface area (Å²) in [7, 11) is 0. The molecule has 0 fully saturated rings. The summed E-state index contributed by atoms with van der Waals surface area (Å²) in [6.45, 7) is 1.92. The Morgan fingerprint density at radius 1 is 1.26 bits per heavy atom. The summed E-state index contributed by atoms with van der Waals surface area (Å²) >= 11 is 1.42. The maximum absolute atomic E-state index is 12.5. The van der Waals surface area contributed by atoms with Crippen molar-refractivity contribution < 1.29 is 0 Å². The Hall–Kier alpha value is -2.93. The highest BCUT2D eigenvalue weighted by molar-refractivity contribution is 7.18.